The van der Waals surface area contributed by atoms with E-state index in [0.29, 0.717) is 45.2 Å². The minimum atomic E-state index is 0.202. The molecule has 2 aliphatic heterocycles. The first kappa shape index (κ1) is 21.1. The third-order valence-electron chi connectivity index (χ3n) is 6.33. The maximum Gasteiger partial charge on any atom is 0.236 e. The molecule has 164 valence electrons. The van der Waals surface area contributed by atoms with Crippen molar-refractivity contribution in [2.24, 2.45) is 5.92 Å². The summed E-state index contributed by atoms with van der Waals surface area (Å²) < 4.78 is 5.51. The SMILES string of the molecule is CCOc1ccc(CN2CCN(CC(=O)N3CCN(C(=O)C4CC4)CC3)CC2)cc1. The summed E-state index contributed by atoms with van der Waals surface area (Å²) in [6, 6.07) is 8.33. The number of nitrogens with zero attached hydrogens (tertiary/aromatic N) is 4. The van der Waals surface area contributed by atoms with Crippen LogP contribution in [0.25, 0.3) is 0 Å². The van der Waals surface area contributed by atoms with Crippen molar-refractivity contribution < 1.29 is 14.3 Å². The summed E-state index contributed by atoms with van der Waals surface area (Å²) in [7, 11) is 0. The molecule has 0 unspecified atom stereocenters. The van der Waals surface area contributed by atoms with Crippen molar-refractivity contribution in [1.29, 1.82) is 0 Å². The molecule has 0 N–H and O–H groups in total. The lowest BCUT2D eigenvalue weighted by Gasteiger charge is -2.38. The summed E-state index contributed by atoms with van der Waals surface area (Å²) in [4.78, 5) is 33.5. The number of carbonyl (C=O) groups is 2. The maximum absolute atomic E-state index is 12.7. The lowest BCUT2D eigenvalue weighted by atomic mass is 10.2. The van der Waals surface area contributed by atoms with Crippen LogP contribution in [-0.4, -0.2) is 96.9 Å². The quantitative estimate of drug-likeness (QED) is 0.673. The summed E-state index contributed by atoms with van der Waals surface area (Å²) in [6.07, 6.45) is 2.09. The highest BCUT2D eigenvalue weighted by molar-refractivity contribution is 5.82. The molecule has 0 aromatic heterocycles. The first-order chi connectivity index (χ1) is 14.6. The molecule has 7 nitrogen and oxygen atoms in total. The molecule has 2 amide bonds. The minimum Gasteiger partial charge on any atom is -0.494 e. The van der Waals surface area contributed by atoms with Gasteiger partial charge in [0.15, 0.2) is 0 Å². The Morgan fingerprint density at radius 2 is 1.47 bits per heavy atom. The molecule has 3 fully saturated rings. The second-order valence-corrected chi connectivity index (χ2v) is 8.61. The molecule has 1 aromatic carbocycles. The lowest BCUT2D eigenvalue weighted by Crippen LogP contribution is -2.54. The van der Waals surface area contributed by atoms with Gasteiger partial charge in [-0.15, -0.1) is 0 Å². The number of benzene rings is 1. The van der Waals surface area contributed by atoms with Crippen LogP contribution < -0.4 is 4.74 Å². The summed E-state index contributed by atoms with van der Waals surface area (Å²) in [5.41, 5.74) is 1.29. The molecule has 2 saturated heterocycles. The Kier molecular flexibility index (Phi) is 6.89. The van der Waals surface area contributed by atoms with Crippen LogP contribution >= 0.6 is 0 Å². The summed E-state index contributed by atoms with van der Waals surface area (Å²) in [6.45, 7) is 10.6. The molecule has 1 aliphatic carbocycles. The molecule has 0 spiro atoms. The van der Waals surface area contributed by atoms with Crippen molar-refractivity contribution in [3.63, 3.8) is 0 Å². The van der Waals surface area contributed by atoms with E-state index in [1.807, 2.05) is 28.9 Å². The molecular formula is C23H34N4O3. The van der Waals surface area contributed by atoms with Gasteiger partial charge in [0.2, 0.25) is 11.8 Å². The fourth-order valence-electron chi connectivity index (χ4n) is 4.28. The van der Waals surface area contributed by atoms with E-state index in [4.69, 9.17) is 4.74 Å². The van der Waals surface area contributed by atoms with Gasteiger partial charge in [-0.3, -0.25) is 19.4 Å². The average molecular weight is 415 g/mol. The molecule has 30 heavy (non-hydrogen) atoms. The van der Waals surface area contributed by atoms with Crippen LogP contribution in [0.3, 0.4) is 0 Å². The van der Waals surface area contributed by atoms with Crippen molar-refractivity contribution in [2.45, 2.75) is 26.3 Å². The van der Waals surface area contributed by atoms with Crippen LogP contribution in [-0.2, 0) is 16.1 Å². The molecule has 4 rings (SSSR count). The molecule has 7 heteroatoms. The van der Waals surface area contributed by atoms with Gasteiger partial charge in [-0.25, -0.2) is 0 Å². The summed E-state index contributed by atoms with van der Waals surface area (Å²) >= 11 is 0. The lowest BCUT2D eigenvalue weighted by molar-refractivity contribution is -0.141. The molecule has 2 heterocycles. The highest BCUT2D eigenvalue weighted by atomic mass is 16.5. The monoisotopic (exact) mass is 414 g/mol. The van der Waals surface area contributed by atoms with Crippen LogP contribution in [0, 0.1) is 5.92 Å². The van der Waals surface area contributed by atoms with E-state index in [2.05, 4.69) is 21.9 Å². The summed E-state index contributed by atoms with van der Waals surface area (Å²) in [5, 5.41) is 0. The van der Waals surface area contributed by atoms with Crippen LogP contribution in [0.1, 0.15) is 25.3 Å². The largest absolute Gasteiger partial charge is 0.494 e. The van der Waals surface area contributed by atoms with Gasteiger partial charge in [0.05, 0.1) is 13.2 Å². The smallest absolute Gasteiger partial charge is 0.236 e. The molecule has 3 aliphatic rings. The topological polar surface area (TPSA) is 56.3 Å². The molecule has 1 saturated carbocycles. The molecule has 0 bridgehead atoms. The van der Waals surface area contributed by atoms with Crippen molar-refractivity contribution in [3.8, 4) is 5.75 Å². The third kappa shape index (κ3) is 5.52. The van der Waals surface area contributed by atoms with Crippen molar-refractivity contribution in [2.75, 3.05) is 65.5 Å². The Morgan fingerprint density at radius 1 is 0.867 bits per heavy atom. The summed E-state index contributed by atoms with van der Waals surface area (Å²) in [5.74, 6) is 1.69. The average Bonchev–Trinajstić information content (AvgIpc) is 3.62. The number of carbonyl (C=O) groups excluding carboxylic acids is 2. The Bertz CT molecular complexity index is 718. The van der Waals surface area contributed by atoms with E-state index in [1.165, 1.54) is 5.56 Å². The number of piperazine rings is 2. The maximum atomic E-state index is 12.7. The Labute approximate surface area is 179 Å². The number of ether oxygens (including phenoxy) is 1. The Morgan fingerprint density at radius 3 is 2.07 bits per heavy atom. The van der Waals surface area contributed by atoms with Crippen molar-refractivity contribution >= 4 is 11.8 Å². The molecule has 1 aromatic rings. The fourth-order valence-corrected chi connectivity index (χ4v) is 4.28. The third-order valence-corrected chi connectivity index (χ3v) is 6.33. The van der Waals surface area contributed by atoms with Crippen molar-refractivity contribution in [1.82, 2.24) is 19.6 Å². The van der Waals surface area contributed by atoms with Gasteiger partial charge in [-0.05, 0) is 37.5 Å². The number of hydrogen-bond acceptors (Lipinski definition) is 5. The second kappa shape index (κ2) is 9.79. The van der Waals surface area contributed by atoms with Crippen LogP contribution in [0.2, 0.25) is 0 Å². The predicted octanol–water partition coefficient (Wildman–Crippen LogP) is 1.28. The van der Waals surface area contributed by atoms with E-state index in [9.17, 15) is 9.59 Å². The zero-order chi connectivity index (χ0) is 20.9. The Hall–Kier alpha value is -2.12. The van der Waals surface area contributed by atoms with Gasteiger partial charge < -0.3 is 14.5 Å². The van der Waals surface area contributed by atoms with E-state index in [-0.39, 0.29) is 11.8 Å². The van der Waals surface area contributed by atoms with E-state index in [0.717, 1.165) is 51.3 Å². The first-order valence-corrected chi connectivity index (χ1v) is 11.4. The van der Waals surface area contributed by atoms with Gasteiger partial charge in [0, 0.05) is 64.8 Å². The first-order valence-electron chi connectivity index (χ1n) is 11.4. The van der Waals surface area contributed by atoms with Crippen LogP contribution in [0.5, 0.6) is 5.75 Å². The van der Waals surface area contributed by atoms with E-state index >= 15 is 0 Å². The van der Waals surface area contributed by atoms with Gasteiger partial charge in [-0.1, -0.05) is 12.1 Å². The highest BCUT2D eigenvalue weighted by Gasteiger charge is 2.35. The number of hydrogen-bond donors (Lipinski definition) is 0. The standard InChI is InChI=1S/C23H34N4O3/c1-2-30-21-7-3-19(4-8-21)17-24-9-11-25(12-10-24)18-22(28)26-13-15-27(16-14-26)23(29)20-5-6-20/h3-4,7-8,20H,2,5-6,9-18H2,1H3. The normalized spacial score (nSPS) is 21.0. The number of rotatable bonds is 7. The molecule has 0 atom stereocenters. The van der Waals surface area contributed by atoms with Gasteiger partial charge in [0.1, 0.15) is 5.75 Å². The van der Waals surface area contributed by atoms with E-state index < -0.39 is 0 Å². The van der Waals surface area contributed by atoms with Crippen LogP contribution in [0.15, 0.2) is 24.3 Å². The minimum absolute atomic E-state index is 0.202. The fraction of sp³-hybridized carbons (Fsp3) is 0.652. The second-order valence-electron chi connectivity index (χ2n) is 8.61. The van der Waals surface area contributed by atoms with Crippen molar-refractivity contribution in [3.05, 3.63) is 29.8 Å². The van der Waals surface area contributed by atoms with Gasteiger partial charge in [0.25, 0.3) is 0 Å². The molecule has 0 radical (unpaired) electrons. The zero-order valence-corrected chi connectivity index (χ0v) is 18.1. The Balaban J connectivity index is 1.16. The van der Waals surface area contributed by atoms with Crippen LogP contribution in [0.4, 0.5) is 0 Å². The molecular weight excluding hydrogens is 380 g/mol. The van der Waals surface area contributed by atoms with Gasteiger partial charge in [-0.2, -0.15) is 0 Å². The number of amides is 2. The predicted molar refractivity (Wildman–Crippen MR) is 115 cm³/mol. The van der Waals surface area contributed by atoms with E-state index in [1.54, 1.807) is 0 Å². The highest BCUT2D eigenvalue weighted by Crippen LogP contribution is 2.31. The van der Waals surface area contributed by atoms with Gasteiger partial charge >= 0.3 is 0 Å². The zero-order valence-electron chi connectivity index (χ0n) is 18.1.